The summed E-state index contributed by atoms with van der Waals surface area (Å²) in [5.41, 5.74) is 0. The third-order valence-electron chi connectivity index (χ3n) is 2.29. The average Bonchev–Trinajstić information content (AvgIpc) is 2.14. The monoisotopic (exact) mass is 144 g/mol. The van der Waals surface area contributed by atoms with Gasteiger partial charge in [-0.15, -0.1) is 0 Å². The SMILES string of the molecule is CCCC1C[C@@H](O)[C@@H](O)C1. The van der Waals surface area contributed by atoms with E-state index in [1.54, 1.807) is 0 Å². The van der Waals surface area contributed by atoms with E-state index in [1.165, 1.54) is 0 Å². The van der Waals surface area contributed by atoms with Gasteiger partial charge in [0, 0.05) is 0 Å². The summed E-state index contributed by atoms with van der Waals surface area (Å²) in [6, 6.07) is 0. The molecule has 1 fully saturated rings. The first-order valence-corrected chi connectivity index (χ1v) is 4.10. The standard InChI is InChI=1S/C8H16O2/c1-2-3-6-4-7(9)8(10)5-6/h6-10H,2-5H2,1H3/t6?,7-,8+. The van der Waals surface area contributed by atoms with Gasteiger partial charge >= 0.3 is 0 Å². The summed E-state index contributed by atoms with van der Waals surface area (Å²) < 4.78 is 0. The van der Waals surface area contributed by atoms with Crippen molar-refractivity contribution in [2.45, 2.75) is 44.8 Å². The van der Waals surface area contributed by atoms with Crippen LogP contribution in [0.3, 0.4) is 0 Å². The number of aliphatic hydroxyl groups is 2. The molecule has 0 aromatic heterocycles. The van der Waals surface area contributed by atoms with Gasteiger partial charge in [-0.3, -0.25) is 0 Å². The molecule has 1 rings (SSSR count). The van der Waals surface area contributed by atoms with E-state index in [9.17, 15) is 0 Å². The Labute approximate surface area is 61.9 Å². The minimum absolute atomic E-state index is 0.448. The molecule has 1 aliphatic rings. The average molecular weight is 144 g/mol. The van der Waals surface area contributed by atoms with Gasteiger partial charge in [-0.2, -0.15) is 0 Å². The van der Waals surface area contributed by atoms with Crippen molar-refractivity contribution in [3.05, 3.63) is 0 Å². The predicted molar refractivity (Wildman–Crippen MR) is 39.6 cm³/mol. The van der Waals surface area contributed by atoms with Crippen LogP contribution in [-0.4, -0.2) is 22.4 Å². The zero-order valence-electron chi connectivity index (χ0n) is 6.45. The zero-order chi connectivity index (χ0) is 7.56. The molecule has 60 valence electrons. The quantitative estimate of drug-likeness (QED) is 0.605. The van der Waals surface area contributed by atoms with E-state index >= 15 is 0 Å². The first kappa shape index (κ1) is 8.02. The van der Waals surface area contributed by atoms with Crippen LogP contribution in [0.5, 0.6) is 0 Å². The summed E-state index contributed by atoms with van der Waals surface area (Å²) in [4.78, 5) is 0. The molecule has 0 aromatic carbocycles. The molecule has 3 atom stereocenters. The van der Waals surface area contributed by atoms with Crippen LogP contribution in [-0.2, 0) is 0 Å². The van der Waals surface area contributed by atoms with Crippen LogP contribution in [0.1, 0.15) is 32.6 Å². The summed E-state index contributed by atoms with van der Waals surface area (Å²) in [6.45, 7) is 2.14. The highest BCUT2D eigenvalue weighted by Gasteiger charge is 2.30. The maximum absolute atomic E-state index is 9.14. The van der Waals surface area contributed by atoms with Crippen LogP contribution in [0, 0.1) is 5.92 Å². The second-order valence-electron chi connectivity index (χ2n) is 3.26. The van der Waals surface area contributed by atoms with E-state index in [0.717, 1.165) is 25.7 Å². The van der Waals surface area contributed by atoms with Crippen molar-refractivity contribution in [2.75, 3.05) is 0 Å². The van der Waals surface area contributed by atoms with Crippen molar-refractivity contribution in [1.82, 2.24) is 0 Å². The van der Waals surface area contributed by atoms with Crippen LogP contribution in [0.25, 0.3) is 0 Å². The summed E-state index contributed by atoms with van der Waals surface area (Å²) in [5, 5.41) is 18.3. The molecule has 0 aliphatic heterocycles. The molecule has 1 saturated carbocycles. The summed E-state index contributed by atoms with van der Waals surface area (Å²) >= 11 is 0. The molecular weight excluding hydrogens is 128 g/mol. The van der Waals surface area contributed by atoms with Gasteiger partial charge in [-0.1, -0.05) is 19.8 Å². The minimum Gasteiger partial charge on any atom is -0.390 e. The zero-order valence-corrected chi connectivity index (χ0v) is 6.45. The van der Waals surface area contributed by atoms with Crippen molar-refractivity contribution < 1.29 is 10.2 Å². The molecule has 0 aromatic rings. The Morgan fingerprint density at radius 1 is 1.20 bits per heavy atom. The van der Waals surface area contributed by atoms with E-state index in [1.807, 2.05) is 0 Å². The van der Waals surface area contributed by atoms with E-state index in [-0.39, 0.29) is 0 Å². The van der Waals surface area contributed by atoms with Crippen molar-refractivity contribution >= 4 is 0 Å². The molecule has 0 saturated heterocycles. The summed E-state index contributed by atoms with van der Waals surface area (Å²) in [6.07, 6.45) is 3.01. The van der Waals surface area contributed by atoms with Crippen LogP contribution in [0.15, 0.2) is 0 Å². The first-order valence-electron chi connectivity index (χ1n) is 4.10. The molecule has 2 N–H and O–H groups in total. The van der Waals surface area contributed by atoms with Crippen LogP contribution in [0.4, 0.5) is 0 Å². The van der Waals surface area contributed by atoms with E-state index < -0.39 is 12.2 Å². The lowest BCUT2D eigenvalue weighted by molar-refractivity contribution is 0.0438. The molecular formula is C8H16O2. The topological polar surface area (TPSA) is 40.5 Å². The van der Waals surface area contributed by atoms with E-state index in [0.29, 0.717) is 5.92 Å². The Morgan fingerprint density at radius 3 is 2.10 bits per heavy atom. The molecule has 0 heterocycles. The fourth-order valence-electron chi connectivity index (χ4n) is 1.74. The number of hydrogen-bond donors (Lipinski definition) is 2. The number of hydrogen-bond acceptors (Lipinski definition) is 2. The van der Waals surface area contributed by atoms with Gasteiger partial charge in [-0.25, -0.2) is 0 Å². The summed E-state index contributed by atoms with van der Waals surface area (Å²) in [7, 11) is 0. The molecule has 1 unspecified atom stereocenters. The van der Waals surface area contributed by atoms with E-state index in [4.69, 9.17) is 10.2 Å². The smallest absolute Gasteiger partial charge is 0.0801 e. The van der Waals surface area contributed by atoms with Gasteiger partial charge in [0.15, 0.2) is 0 Å². The molecule has 0 amide bonds. The van der Waals surface area contributed by atoms with Gasteiger partial charge in [-0.05, 0) is 18.8 Å². The molecule has 10 heavy (non-hydrogen) atoms. The Morgan fingerprint density at radius 2 is 1.70 bits per heavy atom. The largest absolute Gasteiger partial charge is 0.390 e. The normalized spacial score (nSPS) is 40.5. The molecule has 0 bridgehead atoms. The Hall–Kier alpha value is -0.0800. The van der Waals surface area contributed by atoms with Gasteiger partial charge < -0.3 is 10.2 Å². The molecule has 1 aliphatic carbocycles. The maximum Gasteiger partial charge on any atom is 0.0801 e. The Balaban J connectivity index is 2.27. The van der Waals surface area contributed by atoms with Crippen molar-refractivity contribution in [2.24, 2.45) is 5.92 Å². The number of rotatable bonds is 2. The van der Waals surface area contributed by atoms with Crippen molar-refractivity contribution in [1.29, 1.82) is 0 Å². The van der Waals surface area contributed by atoms with Gasteiger partial charge in [0.25, 0.3) is 0 Å². The molecule has 0 spiro atoms. The highest BCUT2D eigenvalue weighted by Crippen LogP contribution is 2.29. The lowest BCUT2D eigenvalue weighted by Gasteiger charge is -2.04. The lowest BCUT2D eigenvalue weighted by Crippen LogP contribution is -2.17. The first-order chi connectivity index (χ1) is 4.74. The molecule has 2 nitrogen and oxygen atoms in total. The van der Waals surface area contributed by atoms with Gasteiger partial charge in [0.2, 0.25) is 0 Å². The molecule has 2 heteroatoms. The van der Waals surface area contributed by atoms with Gasteiger partial charge in [0.1, 0.15) is 0 Å². The van der Waals surface area contributed by atoms with E-state index in [2.05, 4.69) is 6.92 Å². The third-order valence-corrected chi connectivity index (χ3v) is 2.29. The highest BCUT2D eigenvalue weighted by molar-refractivity contribution is 4.82. The fourth-order valence-corrected chi connectivity index (χ4v) is 1.74. The van der Waals surface area contributed by atoms with Gasteiger partial charge in [0.05, 0.1) is 12.2 Å². The Bertz CT molecular complexity index is 93.4. The predicted octanol–water partition coefficient (Wildman–Crippen LogP) is 0.918. The minimum atomic E-state index is -0.448. The fraction of sp³-hybridized carbons (Fsp3) is 1.00. The van der Waals surface area contributed by atoms with Crippen molar-refractivity contribution in [3.63, 3.8) is 0 Å². The second-order valence-corrected chi connectivity index (χ2v) is 3.26. The van der Waals surface area contributed by atoms with Crippen LogP contribution >= 0.6 is 0 Å². The lowest BCUT2D eigenvalue weighted by atomic mass is 10.0. The van der Waals surface area contributed by atoms with Crippen molar-refractivity contribution in [3.8, 4) is 0 Å². The molecule has 0 radical (unpaired) electrons. The second kappa shape index (κ2) is 3.35. The van der Waals surface area contributed by atoms with Crippen LogP contribution < -0.4 is 0 Å². The highest BCUT2D eigenvalue weighted by atomic mass is 16.3. The summed E-state index contributed by atoms with van der Waals surface area (Å²) in [5.74, 6) is 0.565. The Kier molecular flexibility index (Phi) is 2.69. The third kappa shape index (κ3) is 1.70. The maximum atomic E-state index is 9.14. The van der Waals surface area contributed by atoms with Crippen LogP contribution in [0.2, 0.25) is 0 Å². The number of aliphatic hydroxyl groups excluding tert-OH is 2.